The molecule has 0 aliphatic carbocycles. The van der Waals surface area contributed by atoms with E-state index >= 15 is 0 Å². The number of halogens is 2. The van der Waals surface area contributed by atoms with Crippen molar-refractivity contribution >= 4 is 26.0 Å². The van der Waals surface area contributed by atoms with E-state index in [1.165, 1.54) is 18.2 Å². The number of benzene rings is 2. The average Bonchev–Trinajstić information content (AvgIpc) is 2.45. The summed E-state index contributed by atoms with van der Waals surface area (Å²) in [4.78, 5) is 0. The summed E-state index contributed by atoms with van der Waals surface area (Å²) in [6.45, 7) is 1.91. The highest BCUT2D eigenvalue weighted by molar-refractivity contribution is 9.10. The van der Waals surface area contributed by atoms with E-state index in [0.717, 1.165) is 10.0 Å². The summed E-state index contributed by atoms with van der Waals surface area (Å²) in [7, 11) is -3.55. The van der Waals surface area contributed by atoms with E-state index in [-0.39, 0.29) is 11.8 Å². The Balaban J connectivity index is 2.13. The van der Waals surface area contributed by atoms with Gasteiger partial charge in [0.05, 0.1) is 5.75 Å². The van der Waals surface area contributed by atoms with Crippen LogP contribution >= 0.6 is 15.9 Å². The van der Waals surface area contributed by atoms with E-state index in [0.29, 0.717) is 12.0 Å². The summed E-state index contributed by atoms with van der Waals surface area (Å²) >= 11 is 3.35. The van der Waals surface area contributed by atoms with Crippen LogP contribution < -0.4 is 4.72 Å². The first-order valence-electron chi connectivity index (χ1n) is 6.89. The van der Waals surface area contributed by atoms with Crippen LogP contribution in [0.2, 0.25) is 0 Å². The molecule has 0 bridgehead atoms. The number of rotatable bonds is 6. The average molecular weight is 386 g/mol. The lowest BCUT2D eigenvalue weighted by molar-refractivity contribution is 0.549. The minimum Gasteiger partial charge on any atom is -0.212 e. The summed E-state index contributed by atoms with van der Waals surface area (Å²) < 4.78 is 41.3. The fourth-order valence-corrected chi connectivity index (χ4v) is 3.89. The van der Waals surface area contributed by atoms with Gasteiger partial charge in [-0.3, -0.25) is 0 Å². The molecule has 0 heterocycles. The third-order valence-electron chi connectivity index (χ3n) is 3.25. The van der Waals surface area contributed by atoms with Crippen LogP contribution in [0.4, 0.5) is 4.39 Å². The molecule has 0 saturated heterocycles. The van der Waals surface area contributed by atoms with Gasteiger partial charge in [0.15, 0.2) is 0 Å². The van der Waals surface area contributed by atoms with Crippen molar-refractivity contribution < 1.29 is 12.8 Å². The zero-order valence-electron chi connectivity index (χ0n) is 12.1. The van der Waals surface area contributed by atoms with E-state index in [4.69, 9.17) is 0 Å². The topological polar surface area (TPSA) is 46.2 Å². The molecule has 0 radical (unpaired) electrons. The minimum absolute atomic E-state index is 0.238. The largest absolute Gasteiger partial charge is 0.216 e. The van der Waals surface area contributed by atoms with Crippen LogP contribution in [-0.2, 0) is 15.8 Å². The fourth-order valence-electron chi connectivity index (χ4n) is 2.19. The lowest BCUT2D eigenvalue weighted by Gasteiger charge is -2.17. The molecule has 1 unspecified atom stereocenters. The highest BCUT2D eigenvalue weighted by atomic mass is 79.9. The van der Waals surface area contributed by atoms with Crippen molar-refractivity contribution in [2.45, 2.75) is 25.1 Å². The number of sulfonamides is 1. The molecule has 22 heavy (non-hydrogen) atoms. The summed E-state index contributed by atoms with van der Waals surface area (Å²) in [5.74, 6) is -0.676. The van der Waals surface area contributed by atoms with E-state index in [9.17, 15) is 12.8 Å². The quantitative estimate of drug-likeness (QED) is 0.811. The number of nitrogens with one attached hydrogen (secondary N) is 1. The second-order valence-electron chi connectivity index (χ2n) is 5.02. The van der Waals surface area contributed by atoms with E-state index in [1.54, 1.807) is 6.07 Å². The molecule has 3 nitrogen and oxygen atoms in total. The predicted octanol–water partition coefficient (Wildman–Crippen LogP) is 4.16. The van der Waals surface area contributed by atoms with Crippen molar-refractivity contribution in [3.8, 4) is 0 Å². The van der Waals surface area contributed by atoms with Gasteiger partial charge in [0.2, 0.25) is 10.0 Å². The molecule has 0 aromatic heterocycles. The van der Waals surface area contributed by atoms with Gasteiger partial charge >= 0.3 is 0 Å². The van der Waals surface area contributed by atoms with Gasteiger partial charge in [-0.05, 0) is 41.8 Å². The monoisotopic (exact) mass is 385 g/mol. The Bertz CT molecular complexity index is 732. The zero-order valence-corrected chi connectivity index (χ0v) is 14.5. The highest BCUT2D eigenvalue weighted by Gasteiger charge is 2.18. The summed E-state index contributed by atoms with van der Waals surface area (Å²) in [6, 6.07) is 12.8. The number of hydrogen-bond acceptors (Lipinski definition) is 2. The molecule has 0 fully saturated rings. The molecular weight excluding hydrogens is 369 g/mol. The van der Waals surface area contributed by atoms with Crippen molar-refractivity contribution in [1.29, 1.82) is 0 Å². The van der Waals surface area contributed by atoms with Crippen molar-refractivity contribution in [2.75, 3.05) is 0 Å². The van der Waals surface area contributed by atoms with Gasteiger partial charge in [0, 0.05) is 10.5 Å². The first-order chi connectivity index (χ1) is 10.4. The van der Waals surface area contributed by atoms with Gasteiger partial charge in [-0.15, -0.1) is 0 Å². The summed E-state index contributed by atoms with van der Waals surface area (Å²) in [5, 5.41) is 0. The molecule has 2 rings (SSSR count). The Hall–Kier alpha value is -1.24. The first-order valence-corrected chi connectivity index (χ1v) is 9.34. The Morgan fingerprint density at radius 1 is 1.18 bits per heavy atom. The Labute approximate surface area is 138 Å². The molecule has 0 amide bonds. The summed E-state index contributed by atoms with van der Waals surface area (Å²) in [5.41, 5.74) is 1.33. The van der Waals surface area contributed by atoms with Crippen molar-refractivity contribution in [1.82, 2.24) is 4.72 Å². The lowest BCUT2D eigenvalue weighted by Crippen LogP contribution is -2.29. The zero-order chi connectivity index (χ0) is 16.2. The van der Waals surface area contributed by atoms with Crippen molar-refractivity contribution in [2.24, 2.45) is 0 Å². The first kappa shape index (κ1) is 17.1. The van der Waals surface area contributed by atoms with Gasteiger partial charge in [0.25, 0.3) is 0 Å². The second kappa shape index (κ2) is 7.35. The molecule has 1 atom stereocenters. The molecule has 0 saturated carbocycles. The maximum Gasteiger partial charge on any atom is 0.216 e. The lowest BCUT2D eigenvalue weighted by atomic mass is 10.1. The third kappa shape index (κ3) is 4.90. The van der Waals surface area contributed by atoms with Gasteiger partial charge in [0.1, 0.15) is 5.82 Å². The molecule has 0 spiro atoms. The van der Waals surface area contributed by atoms with Crippen molar-refractivity contribution in [3.63, 3.8) is 0 Å². The molecule has 2 aromatic rings. The standard InChI is InChI=1S/C16H17BrFNO2S/c1-2-16(13-6-8-14(17)9-7-13)19-22(20,21)11-12-4-3-5-15(18)10-12/h3-10,16,19H,2,11H2,1H3. The minimum atomic E-state index is -3.55. The second-order valence-corrected chi connectivity index (χ2v) is 7.69. The van der Waals surface area contributed by atoms with Gasteiger partial charge in [-0.25, -0.2) is 17.5 Å². The molecular formula is C16H17BrFNO2S. The molecule has 6 heteroatoms. The maximum atomic E-state index is 13.2. The van der Waals surface area contributed by atoms with Crippen LogP contribution in [0.3, 0.4) is 0 Å². The third-order valence-corrected chi connectivity index (χ3v) is 5.13. The van der Waals surface area contributed by atoms with Crippen LogP contribution in [0.5, 0.6) is 0 Å². The van der Waals surface area contributed by atoms with E-state index in [2.05, 4.69) is 20.7 Å². The Morgan fingerprint density at radius 2 is 1.86 bits per heavy atom. The molecule has 0 aliphatic heterocycles. The normalized spacial score (nSPS) is 13.0. The Morgan fingerprint density at radius 3 is 2.45 bits per heavy atom. The number of hydrogen-bond donors (Lipinski definition) is 1. The van der Waals surface area contributed by atoms with Crippen LogP contribution in [0, 0.1) is 5.82 Å². The van der Waals surface area contributed by atoms with E-state index in [1.807, 2.05) is 31.2 Å². The molecule has 1 N–H and O–H groups in total. The smallest absolute Gasteiger partial charge is 0.212 e. The van der Waals surface area contributed by atoms with Gasteiger partial charge in [-0.2, -0.15) is 0 Å². The maximum absolute atomic E-state index is 13.2. The fraction of sp³-hybridized carbons (Fsp3) is 0.250. The van der Waals surface area contributed by atoms with Crippen LogP contribution in [-0.4, -0.2) is 8.42 Å². The molecule has 118 valence electrons. The van der Waals surface area contributed by atoms with Crippen LogP contribution in [0.15, 0.2) is 53.0 Å². The predicted molar refractivity (Wildman–Crippen MR) is 89.3 cm³/mol. The van der Waals surface area contributed by atoms with Gasteiger partial charge < -0.3 is 0 Å². The molecule has 2 aromatic carbocycles. The highest BCUT2D eigenvalue weighted by Crippen LogP contribution is 2.21. The van der Waals surface area contributed by atoms with Crippen LogP contribution in [0.25, 0.3) is 0 Å². The summed E-state index contributed by atoms with van der Waals surface area (Å²) in [6.07, 6.45) is 0.629. The molecule has 0 aliphatic rings. The van der Waals surface area contributed by atoms with Gasteiger partial charge in [-0.1, -0.05) is 47.1 Å². The van der Waals surface area contributed by atoms with Crippen molar-refractivity contribution in [3.05, 3.63) is 69.9 Å². The SMILES string of the molecule is CCC(NS(=O)(=O)Cc1cccc(F)c1)c1ccc(Br)cc1. The van der Waals surface area contributed by atoms with E-state index < -0.39 is 15.8 Å². The van der Waals surface area contributed by atoms with Crippen LogP contribution in [0.1, 0.15) is 30.5 Å². The Kier molecular flexibility index (Phi) is 5.72.